The van der Waals surface area contributed by atoms with E-state index in [0.29, 0.717) is 75.2 Å². The molecule has 0 saturated heterocycles. The fourth-order valence-electron chi connectivity index (χ4n) is 3.41. The third-order valence-electron chi connectivity index (χ3n) is 5.19. The summed E-state index contributed by atoms with van der Waals surface area (Å²) in [5, 5.41) is 12.5. The number of amides is 1. The highest BCUT2D eigenvalue weighted by atomic mass is 16.5. The number of anilines is 4. The summed E-state index contributed by atoms with van der Waals surface area (Å²) < 4.78 is 16.0. The Bertz CT molecular complexity index is 1180. The predicted octanol–water partition coefficient (Wildman–Crippen LogP) is 2.78. The van der Waals surface area contributed by atoms with Crippen LogP contribution in [0.2, 0.25) is 0 Å². The van der Waals surface area contributed by atoms with E-state index in [1.54, 1.807) is 25.3 Å². The topological polar surface area (TPSA) is 158 Å². The number of ether oxygens (including phenoxy) is 3. The van der Waals surface area contributed by atoms with Gasteiger partial charge in [0.05, 0.1) is 33.5 Å². The maximum absolute atomic E-state index is 12.6. The molecular formula is C27H38N8O4. The second-order valence-electron chi connectivity index (χ2n) is 8.79. The van der Waals surface area contributed by atoms with E-state index >= 15 is 0 Å². The van der Waals surface area contributed by atoms with Crippen LogP contribution < -0.4 is 31.7 Å². The molecular weight excluding hydrogens is 500 g/mol. The molecule has 0 aliphatic rings. The summed E-state index contributed by atoms with van der Waals surface area (Å²) in [4.78, 5) is 26.1. The van der Waals surface area contributed by atoms with Crippen LogP contribution in [0.5, 0.6) is 5.75 Å². The Balaban J connectivity index is 1.61. The summed E-state index contributed by atoms with van der Waals surface area (Å²) in [5.74, 6) is 1.74. The van der Waals surface area contributed by atoms with Crippen LogP contribution in [0.25, 0.3) is 0 Å². The van der Waals surface area contributed by atoms with Crippen LogP contribution in [-0.2, 0) is 16.0 Å². The summed E-state index contributed by atoms with van der Waals surface area (Å²) in [6.07, 6.45) is 0. The highest BCUT2D eigenvalue weighted by Gasteiger charge is 2.11. The minimum atomic E-state index is -0.208. The molecule has 0 unspecified atom stereocenters. The molecule has 0 radical (unpaired) electrons. The zero-order valence-electron chi connectivity index (χ0n) is 22.7. The monoisotopic (exact) mass is 538 g/mol. The van der Waals surface area contributed by atoms with E-state index in [0.717, 1.165) is 11.3 Å². The van der Waals surface area contributed by atoms with Crippen LogP contribution >= 0.6 is 0 Å². The summed E-state index contributed by atoms with van der Waals surface area (Å²) in [5.41, 5.74) is 7.55. The van der Waals surface area contributed by atoms with Gasteiger partial charge in [-0.15, -0.1) is 0 Å². The minimum Gasteiger partial charge on any atom is -0.497 e. The first kappa shape index (κ1) is 29.6. The highest BCUT2D eigenvalue weighted by Crippen LogP contribution is 2.19. The normalized spacial score (nSPS) is 10.8. The van der Waals surface area contributed by atoms with Crippen molar-refractivity contribution in [3.63, 3.8) is 0 Å². The molecule has 0 fully saturated rings. The molecule has 3 rings (SSSR count). The van der Waals surface area contributed by atoms with Gasteiger partial charge in [-0.25, -0.2) is 0 Å². The molecule has 6 N–H and O–H groups in total. The Hall–Kier alpha value is -4.00. The summed E-state index contributed by atoms with van der Waals surface area (Å²) >= 11 is 0. The van der Waals surface area contributed by atoms with Crippen molar-refractivity contribution in [2.75, 3.05) is 62.6 Å². The molecule has 0 saturated carbocycles. The number of nitrogens with zero attached hydrogens (tertiary/aromatic N) is 3. The van der Waals surface area contributed by atoms with Crippen molar-refractivity contribution in [3.8, 4) is 5.75 Å². The predicted molar refractivity (Wildman–Crippen MR) is 152 cm³/mol. The van der Waals surface area contributed by atoms with E-state index in [4.69, 9.17) is 19.9 Å². The van der Waals surface area contributed by atoms with Crippen molar-refractivity contribution < 1.29 is 19.0 Å². The van der Waals surface area contributed by atoms with Gasteiger partial charge in [-0.3, -0.25) is 4.79 Å². The van der Waals surface area contributed by atoms with Crippen LogP contribution in [0, 0.1) is 0 Å². The number of hydrogen-bond donors (Lipinski definition) is 5. The molecule has 1 aromatic heterocycles. The van der Waals surface area contributed by atoms with E-state index in [-0.39, 0.29) is 11.9 Å². The van der Waals surface area contributed by atoms with E-state index in [1.165, 1.54) is 0 Å². The molecule has 12 nitrogen and oxygen atoms in total. The van der Waals surface area contributed by atoms with E-state index < -0.39 is 0 Å². The third kappa shape index (κ3) is 10.7. The van der Waals surface area contributed by atoms with Crippen LogP contribution in [0.15, 0.2) is 48.5 Å². The number of benzene rings is 2. The third-order valence-corrected chi connectivity index (χ3v) is 5.19. The zero-order valence-corrected chi connectivity index (χ0v) is 22.7. The van der Waals surface area contributed by atoms with Crippen molar-refractivity contribution in [2.45, 2.75) is 26.4 Å². The van der Waals surface area contributed by atoms with Crippen molar-refractivity contribution in [3.05, 3.63) is 59.7 Å². The van der Waals surface area contributed by atoms with Gasteiger partial charge < -0.3 is 41.2 Å². The number of nitrogens with one attached hydrogen (secondary N) is 4. The second kappa shape index (κ2) is 16.1. The lowest BCUT2D eigenvalue weighted by Crippen LogP contribution is -2.27. The van der Waals surface area contributed by atoms with Crippen molar-refractivity contribution in [1.29, 1.82) is 0 Å². The molecule has 210 valence electrons. The second-order valence-corrected chi connectivity index (χ2v) is 8.79. The Morgan fingerprint density at radius 1 is 0.923 bits per heavy atom. The number of nitrogens with two attached hydrogens (primary N) is 1. The average Bonchev–Trinajstić information content (AvgIpc) is 2.93. The van der Waals surface area contributed by atoms with Gasteiger partial charge in [0, 0.05) is 36.9 Å². The SMILES string of the molecule is COc1cccc(CNc2nc(Nc3cccc(C(=O)NCCOCCOCCN)c3)nc(NC(C)C)n2)c1. The number of aromatic nitrogens is 3. The van der Waals surface area contributed by atoms with Crippen LogP contribution in [0.1, 0.15) is 29.8 Å². The Morgan fingerprint density at radius 3 is 2.44 bits per heavy atom. The standard InChI is InChI=1S/C27H38N8O4/c1-19(2)31-26-33-25(30-18-20-6-4-9-23(16-20)37-3)34-27(35-26)32-22-8-5-7-21(17-22)24(36)29-11-13-39-15-14-38-12-10-28/h4-9,16-17,19H,10-15,18,28H2,1-3H3,(H,29,36)(H3,30,31,32,33,34,35). The lowest BCUT2D eigenvalue weighted by molar-refractivity contribution is 0.0511. The largest absolute Gasteiger partial charge is 0.497 e. The summed E-state index contributed by atoms with van der Waals surface area (Å²) in [7, 11) is 1.64. The molecule has 0 spiro atoms. The van der Waals surface area contributed by atoms with Gasteiger partial charge >= 0.3 is 0 Å². The van der Waals surface area contributed by atoms with Gasteiger partial charge in [-0.1, -0.05) is 18.2 Å². The van der Waals surface area contributed by atoms with Gasteiger partial charge in [-0.05, 0) is 49.7 Å². The van der Waals surface area contributed by atoms with Gasteiger partial charge in [0.25, 0.3) is 5.91 Å². The van der Waals surface area contributed by atoms with Crippen LogP contribution in [0.3, 0.4) is 0 Å². The van der Waals surface area contributed by atoms with Gasteiger partial charge in [0.2, 0.25) is 17.8 Å². The van der Waals surface area contributed by atoms with Gasteiger partial charge in [0.15, 0.2) is 0 Å². The molecule has 2 aromatic carbocycles. The Morgan fingerprint density at radius 2 is 1.67 bits per heavy atom. The summed E-state index contributed by atoms with van der Waals surface area (Å²) in [6, 6.07) is 15.0. The molecule has 0 atom stereocenters. The first-order chi connectivity index (χ1) is 19.0. The first-order valence-electron chi connectivity index (χ1n) is 12.9. The lowest BCUT2D eigenvalue weighted by Gasteiger charge is -2.13. The van der Waals surface area contributed by atoms with E-state index in [9.17, 15) is 4.79 Å². The maximum Gasteiger partial charge on any atom is 0.251 e. The summed E-state index contributed by atoms with van der Waals surface area (Å²) in [6.45, 7) is 7.19. The Labute approximate surface area is 229 Å². The quantitative estimate of drug-likeness (QED) is 0.161. The molecule has 0 bridgehead atoms. The molecule has 1 heterocycles. The van der Waals surface area contributed by atoms with Crippen molar-refractivity contribution in [1.82, 2.24) is 20.3 Å². The van der Waals surface area contributed by atoms with Gasteiger partial charge in [0.1, 0.15) is 5.75 Å². The van der Waals surface area contributed by atoms with Crippen LogP contribution in [0.4, 0.5) is 23.5 Å². The zero-order chi connectivity index (χ0) is 27.9. The number of carbonyl (C=O) groups excluding carboxylic acids is 1. The Kier molecular flexibility index (Phi) is 12.2. The van der Waals surface area contributed by atoms with E-state index in [2.05, 4.69) is 36.2 Å². The fraction of sp³-hybridized carbons (Fsp3) is 0.407. The molecule has 12 heteroatoms. The number of methoxy groups -OCH3 is 1. The molecule has 3 aromatic rings. The molecule has 0 aliphatic heterocycles. The van der Waals surface area contributed by atoms with Crippen molar-refractivity contribution in [2.24, 2.45) is 5.73 Å². The lowest BCUT2D eigenvalue weighted by atomic mass is 10.2. The van der Waals surface area contributed by atoms with Gasteiger partial charge in [-0.2, -0.15) is 15.0 Å². The van der Waals surface area contributed by atoms with Crippen LogP contribution in [-0.4, -0.2) is 73.5 Å². The smallest absolute Gasteiger partial charge is 0.251 e. The number of carbonyl (C=O) groups is 1. The van der Waals surface area contributed by atoms with E-state index in [1.807, 2.05) is 44.2 Å². The van der Waals surface area contributed by atoms with Crippen molar-refractivity contribution >= 4 is 29.4 Å². The molecule has 39 heavy (non-hydrogen) atoms. The average molecular weight is 539 g/mol. The maximum atomic E-state index is 12.6. The number of hydrogen-bond acceptors (Lipinski definition) is 11. The number of rotatable bonds is 17. The minimum absolute atomic E-state index is 0.126. The highest BCUT2D eigenvalue weighted by molar-refractivity contribution is 5.95. The fourth-order valence-corrected chi connectivity index (χ4v) is 3.41. The molecule has 1 amide bonds. The first-order valence-corrected chi connectivity index (χ1v) is 12.9. The molecule has 0 aliphatic carbocycles.